The van der Waals surface area contributed by atoms with Crippen molar-refractivity contribution < 1.29 is 19.0 Å². The average molecular weight is 361 g/mol. The van der Waals surface area contributed by atoms with Crippen LogP contribution in [-0.2, 0) is 22.6 Å². The van der Waals surface area contributed by atoms with Crippen LogP contribution in [0.2, 0.25) is 0 Å². The Kier molecular flexibility index (Phi) is 9.28. The van der Waals surface area contributed by atoms with E-state index < -0.39 is 6.10 Å². The van der Waals surface area contributed by atoms with E-state index in [-0.39, 0.29) is 12.4 Å². The first-order chi connectivity index (χ1) is 12.7. The minimum Gasteiger partial charge on any atom is -0.389 e. The van der Waals surface area contributed by atoms with Gasteiger partial charge in [-0.3, -0.25) is 4.90 Å². The third-order valence-electron chi connectivity index (χ3n) is 4.03. The lowest BCUT2D eigenvalue weighted by Gasteiger charge is -2.25. The molecule has 5 heteroatoms. The van der Waals surface area contributed by atoms with Crippen LogP contribution >= 0.6 is 0 Å². The molecule has 26 heavy (non-hydrogen) atoms. The number of halogens is 1. The number of ether oxygens (including phenoxy) is 2. The van der Waals surface area contributed by atoms with Crippen molar-refractivity contribution in [2.24, 2.45) is 0 Å². The Balaban J connectivity index is 1.80. The molecule has 0 aliphatic rings. The molecule has 0 saturated carbocycles. The van der Waals surface area contributed by atoms with Gasteiger partial charge in [-0.1, -0.05) is 42.5 Å². The molecule has 2 aromatic carbocycles. The predicted molar refractivity (Wildman–Crippen MR) is 100 cm³/mol. The second-order valence-electron chi connectivity index (χ2n) is 6.36. The van der Waals surface area contributed by atoms with E-state index in [1.54, 1.807) is 19.2 Å². The number of aliphatic hydroxyl groups is 1. The first-order valence-electron chi connectivity index (χ1n) is 8.93. The molecular formula is C21H28FNO3. The quantitative estimate of drug-likeness (QED) is 0.590. The Morgan fingerprint density at radius 3 is 2.46 bits per heavy atom. The molecule has 0 unspecified atom stereocenters. The van der Waals surface area contributed by atoms with E-state index in [1.807, 2.05) is 30.3 Å². The number of hydrogen-bond acceptors (Lipinski definition) is 4. The highest BCUT2D eigenvalue weighted by molar-refractivity contribution is 5.16. The summed E-state index contributed by atoms with van der Waals surface area (Å²) >= 11 is 0. The summed E-state index contributed by atoms with van der Waals surface area (Å²) < 4.78 is 23.8. The zero-order valence-electron chi connectivity index (χ0n) is 15.3. The SMILES string of the molecule is COCCCN(Cc1ccc(F)cc1)C[C@@H](O)COCc1ccccc1. The van der Waals surface area contributed by atoms with Crippen molar-refractivity contribution >= 4 is 0 Å². The third kappa shape index (κ3) is 8.06. The van der Waals surface area contributed by atoms with Crippen molar-refractivity contribution in [1.82, 2.24) is 4.90 Å². The molecule has 1 atom stereocenters. The smallest absolute Gasteiger partial charge is 0.123 e. The first kappa shape index (κ1) is 20.5. The van der Waals surface area contributed by atoms with E-state index in [2.05, 4.69) is 4.90 Å². The standard InChI is InChI=1S/C21H28FNO3/c1-25-13-5-12-23(14-18-8-10-20(22)11-9-18)15-21(24)17-26-16-19-6-3-2-4-7-19/h2-4,6-11,21,24H,5,12-17H2,1H3/t21-/m1/s1. The van der Waals surface area contributed by atoms with Crippen LogP contribution in [0.5, 0.6) is 0 Å². The fourth-order valence-corrected chi connectivity index (χ4v) is 2.75. The minimum atomic E-state index is -0.582. The van der Waals surface area contributed by atoms with E-state index in [1.165, 1.54) is 12.1 Å². The Labute approximate surface area is 155 Å². The number of benzene rings is 2. The van der Waals surface area contributed by atoms with Gasteiger partial charge in [-0.2, -0.15) is 0 Å². The average Bonchev–Trinajstić information content (AvgIpc) is 2.64. The van der Waals surface area contributed by atoms with Crippen LogP contribution in [-0.4, -0.2) is 49.5 Å². The van der Waals surface area contributed by atoms with Crippen LogP contribution in [0.25, 0.3) is 0 Å². The van der Waals surface area contributed by atoms with Gasteiger partial charge in [0.15, 0.2) is 0 Å². The van der Waals surface area contributed by atoms with Gasteiger partial charge in [-0.05, 0) is 29.7 Å². The highest BCUT2D eigenvalue weighted by Crippen LogP contribution is 2.09. The van der Waals surface area contributed by atoms with Crippen LogP contribution in [0.4, 0.5) is 4.39 Å². The largest absolute Gasteiger partial charge is 0.389 e. The molecule has 0 bridgehead atoms. The molecule has 0 aliphatic heterocycles. The Morgan fingerprint density at radius 1 is 1.04 bits per heavy atom. The summed E-state index contributed by atoms with van der Waals surface area (Å²) in [5, 5.41) is 10.3. The number of rotatable bonds is 12. The zero-order chi connectivity index (χ0) is 18.6. The molecule has 0 saturated heterocycles. The molecule has 0 radical (unpaired) electrons. The second kappa shape index (κ2) is 11.8. The maximum Gasteiger partial charge on any atom is 0.123 e. The number of hydrogen-bond donors (Lipinski definition) is 1. The van der Waals surface area contributed by atoms with Crippen molar-refractivity contribution in [3.63, 3.8) is 0 Å². The molecule has 0 aromatic heterocycles. The van der Waals surface area contributed by atoms with Gasteiger partial charge < -0.3 is 14.6 Å². The van der Waals surface area contributed by atoms with Crippen molar-refractivity contribution in [2.75, 3.05) is 33.4 Å². The van der Waals surface area contributed by atoms with E-state index >= 15 is 0 Å². The van der Waals surface area contributed by atoms with Gasteiger partial charge in [0.25, 0.3) is 0 Å². The molecule has 0 aliphatic carbocycles. The molecule has 2 aromatic rings. The normalized spacial score (nSPS) is 12.5. The Bertz CT molecular complexity index is 606. The maximum absolute atomic E-state index is 13.1. The molecule has 0 heterocycles. The summed E-state index contributed by atoms with van der Waals surface area (Å²) in [4.78, 5) is 2.14. The van der Waals surface area contributed by atoms with E-state index in [0.29, 0.717) is 26.3 Å². The molecule has 2 rings (SSSR count). The fourth-order valence-electron chi connectivity index (χ4n) is 2.75. The number of nitrogens with zero attached hydrogens (tertiary/aromatic N) is 1. The summed E-state index contributed by atoms with van der Waals surface area (Å²) in [5.74, 6) is -0.242. The molecule has 0 spiro atoms. The van der Waals surface area contributed by atoms with Gasteiger partial charge in [0.2, 0.25) is 0 Å². The molecule has 0 amide bonds. The van der Waals surface area contributed by atoms with E-state index in [0.717, 1.165) is 24.1 Å². The zero-order valence-corrected chi connectivity index (χ0v) is 15.3. The van der Waals surface area contributed by atoms with Crippen LogP contribution in [0.15, 0.2) is 54.6 Å². The summed E-state index contributed by atoms with van der Waals surface area (Å²) in [7, 11) is 1.68. The summed E-state index contributed by atoms with van der Waals surface area (Å²) in [5.41, 5.74) is 2.10. The highest BCUT2D eigenvalue weighted by Gasteiger charge is 2.13. The van der Waals surface area contributed by atoms with E-state index in [9.17, 15) is 9.50 Å². The monoisotopic (exact) mass is 361 g/mol. The predicted octanol–water partition coefficient (Wildman–Crippen LogP) is 3.24. The van der Waals surface area contributed by atoms with Gasteiger partial charge in [0, 0.05) is 33.4 Å². The first-order valence-corrected chi connectivity index (χ1v) is 8.93. The third-order valence-corrected chi connectivity index (χ3v) is 4.03. The minimum absolute atomic E-state index is 0.242. The van der Waals surface area contributed by atoms with Crippen LogP contribution in [0.3, 0.4) is 0 Å². The summed E-state index contributed by atoms with van der Waals surface area (Å²) in [6.07, 6.45) is 0.289. The lowest BCUT2D eigenvalue weighted by atomic mass is 10.2. The molecule has 0 fully saturated rings. The molecule has 142 valence electrons. The van der Waals surface area contributed by atoms with Crippen molar-refractivity contribution in [2.45, 2.75) is 25.7 Å². The Hall–Kier alpha value is -1.79. The number of methoxy groups -OCH3 is 1. The lowest BCUT2D eigenvalue weighted by Crippen LogP contribution is -2.35. The molecule has 1 N–H and O–H groups in total. The van der Waals surface area contributed by atoms with Crippen LogP contribution in [0.1, 0.15) is 17.5 Å². The Morgan fingerprint density at radius 2 is 1.77 bits per heavy atom. The fraction of sp³-hybridized carbons (Fsp3) is 0.429. The second-order valence-corrected chi connectivity index (χ2v) is 6.36. The molecule has 4 nitrogen and oxygen atoms in total. The lowest BCUT2D eigenvalue weighted by molar-refractivity contribution is 0.00738. The van der Waals surface area contributed by atoms with Crippen molar-refractivity contribution in [3.05, 3.63) is 71.5 Å². The van der Waals surface area contributed by atoms with Gasteiger partial charge in [-0.15, -0.1) is 0 Å². The van der Waals surface area contributed by atoms with Gasteiger partial charge in [0.1, 0.15) is 5.82 Å². The topological polar surface area (TPSA) is 41.9 Å². The van der Waals surface area contributed by atoms with Crippen LogP contribution in [0, 0.1) is 5.82 Å². The van der Waals surface area contributed by atoms with Gasteiger partial charge in [-0.25, -0.2) is 4.39 Å². The van der Waals surface area contributed by atoms with Crippen molar-refractivity contribution in [1.29, 1.82) is 0 Å². The maximum atomic E-state index is 13.1. The van der Waals surface area contributed by atoms with Crippen molar-refractivity contribution in [3.8, 4) is 0 Å². The summed E-state index contributed by atoms with van der Waals surface area (Å²) in [6, 6.07) is 16.4. The van der Waals surface area contributed by atoms with Gasteiger partial charge >= 0.3 is 0 Å². The summed E-state index contributed by atoms with van der Waals surface area (Å²) in [6.45, 7) is 3.37. The van der Waals surface area contributed by atoms with E-state index in [4.69, 9.17) is 9.47 Å². The molecular weight excluding hydrogens is 333 g/mol. The highest BCUT2D eigenvalue weighted by atomic mass is 19.1. The number of aliphatic hydroxyl groups excluding tert-OH is 1. The van der Waals surface area contributed by atoms with Gasteiger partial charge in [0.05, 0.1) is 19.3 Å². The van der Waals surface area contributed by atoms with Crippen LogP contribution < -0.4 is 0 Å².